The lowest BCUT2D eigenvalue weighted by molar-refractivity contribution is -0.134. The van der Waals surface area contributed by atoms with Crippen molar-refractivity contribution in [3.63, 3.8) is 0 Å². The molecule has 0 radical (unpaired) electrons. The Kier molecular flexibility index (Phi) is 6.20. The summed E-state index contributed by atoms with van der Waals surface area (Å²) in [6.07, 6.45) is 0.824. The molecule has 1 aromatic carbocycles. The lowest BCUT2D eigenvalue weighted by Gasteiger charge is -2.26. The van der Waals surface area contributed by atoms with Crippen molar-refractivity contribution in [1.29, 1.82) is 0 Å². The Hall–Kier alpha value is -1.36. The molecule has 0 saturated heterocycles. The van der Waals surface area contributed by atoms with Gasteiger partial charge in [-0.25, -0.2) is 0 Å². The zero-order valence-electron chi connectivity index (χ0n) is 12.4. The summed E-state index contributed by atoms with van der Waals surface area (Å²) in [7, 11) is 0. The zero-order valence-corrected chi connectivity index (χ0v) is 14.0. The minimum atomic E-state index is -0.175. The number of carbonyl (C=O) groups excluding carboxylic acids is 2. The van der Waals surface area contributed by atoms with E-state index in [0.29, 0.717) is 0 Å². The summed E-state index contributed by atoms with van der Waals surface area (Å²) in [5.74, 6) is -0.257. The number of hydrogen-bond donors (Lipinski definition) is 1. The van der Waals surface area contributed by atoms with E-state index in [1.807, 2.05) is 39.0 Å². The largest absolute Gasteiger partial charge is 0.331 e. The molecule has 0 heterocycles. The van der Waals surface area contributed by atoms with Gasteiger partial charge in [-0.15, -0.1) is 0 Å². The lowest BCUT2D eigenvalue weighted by Crippen LogP contribution is -2.42. The maximum atomic E-state index is 12.1. The summed E-state index contributed by atoms with van der Waals surface area (Å²) in [6.45, 7) is 7.44. The Balaban J connectivity index is 2.73. The Morgan fingerprint density at radius 3 is 2.55 bits per heavy atom. The molecule has 0 aliphatic heterocycles. The third kappa shape index (κ3) is 4.63. The predicted octanol–water partition coefficient (Wildman–Crippen LogP) is 3.34. The fourth-order valence-electron chi connectivity index (χ4n) is 1.91. The number of carbonyl (C=O) groups is 2. The number of halogens is 1. The van der Waals surface area contributed by atoms with Crippen molar-refractivity contribution in [3.8, 4) is 0 Å². The fourth-order valence-corrected chi connectivity index (χ4v) is 2.39. The van der Waals surface area contributed by atoms with E-state index >= 15 is 0 Å². The number of hydrogen-bond acceptors (Lipinski definition) is 2. The SMILES string of the molecule is CCC(C)N(CC(=O)Nc1ccc(Br)cc1C)C(C)=O. The highest BCUT2D eigenvalue weighted by atomic mass is 79.9. The van der Waals surface area contributed by atoms with Crippen LogP contribution in [0.4, 0.5) is 5.69 Å². The van der Waals surface area contributed by atoms with Crippen LogP contribution in [0.2, 0.25) is 0 Å². The van der Waals surface area contributed by atoms with E-state index in [-0.39, 0.29) is 24.4 Å². The second-order valence-electron chi connectivity index (χ2n) is 4.91. The number of rotatable bonds is 5. The van der Waals surface area contributed by atoms with Crippen LogP contribution in [0.15, 0.2) is 22.7 Å². The molecule has 0 saturated carbocycles. The van der Waals surface area contributed by atoms with Gasteiger partial charge in [0.05, 0.1) is 0 Å². The van der Waals surface area contributed by atoms with E-state index in [2.05, 4.69) is 21.2 Å². The molecule has 0 aromatic heterocycles. The van der Waals surface area contributed by atoms with Gasteiger partial charge in [0.15, 0.2) is 0 Å². The summed E-state index contributed by atoms with van der Waals surface area (Å²) in [4.78, 5) is 25.2. The van der Waals surface area contributed by atoms with Crippen molar-refractivity contribution < 1.29 is 9.59 Å². The third-order valence-electron chi connectivity index (χ3n) is 3.30. The van der Waals surface area contributed by atoms with Crippen LogP contribution in [0.1, 0.15) is 32.8 Å². The van der Waals surface area contributed by atoms with E-state index in [1.54, 1.807) is 4.90 Å². The predicted molar refractivity (Wildman–Crippen MR) is 84.6 cm³/mol. The smallest absolute Gasteiger partial charge is 0.244 e. The molecule has 110 valence electrons. The molecule has 1 rings (SSSR count). The minimum Gasteiger partial charge on any atom is -0.331 e. The number of anilines is 1. The van der Waals surface area contributed by atoms with Crippen LogP contribution in [-0.2, 0) is 9.59 Å². The molecule has 4 nitrogen and oxygen atoms in total. The van der Waals surface area contributed by atoms with Gasteiger partial charge in [-0.05, 0) is 44.0 Å². The molecule has 1 atom stereocenters. The minimum absolute atomic E-state index is 0.0595. The normalized spacial score (nSPS) is 11.8. The van der Waals surface area contributed by atoms with Gasteiger partial charge in [-0.3, -0.25) is 9.59 Å². The molecule has 0 aliphatic rings. The average Bonchev–Trinajstić information content (AvgIpc) is 2.38. The van der Waals surface area contributed by atoms with Crippen molar-refractivity contribution in [1.82, 2.24) is 4.90 Å². The van der Waals surface area contributed by atoms with Gasteiger partial charge >= 0.3 is 0 Å². The Morgan fingerprint density at radius 1 is 1.40 bits per heavy atom. The van der Waals surface area contributed by atoms with Gasteiger partial charge in [-0.2, -0.15) is 0 Å². The maximum absolute atomic E-state index is 12.1. The molecule has 0 bridgehead atoms. The van der Waals surface area contributed by atoms with Gasteiger partial charge < -0.3 is 10.2 Å². The lowest BCUT2D eigenvalue weighted by atomic mass is 10.2. The molecular weight excluding hydrogens is 320 g/mol. The number of nitrogens with zero attached hydrogens (tertiary/aromatic N) is 1. The molecule has 20 heavy (non-hydrogen) atoms. The molecule has 2 amide bonds. The van der Waals surface area contributed by atoms with Crippen molar-refractivity contribution in [2.24, 2.45) is 0 Å². The molecule has 0 fully saturated rings. The average molecular weight is 341 g/mol. The van der Waals surface area contributed by atoms with E-state index in [4.69, 9.17) is 0 Å². The Bertz CT molecular complexity index is 503. The quantitative estimate of drug-likeness (QED) is 0.893. The van der Waals surface area contributed by atoms with E-state index in [0.717, 1.165) is 22.1 Å². The van der Waals surface area contributed by atoms with Crippen LogP contribution in [0.3, 0.4) is 0 Å². The van der Waals surface area contributed by atoms with Gasteiger partial charge in [-0.1, -0.05) is 22.9 Å². The standard InChI is InChI=1S/C15H21BrN2O2/c1-5-11(3)18(12(4)19)9-15(20)17-14-7-6-13(16)8-10(14)2/h6-8,11H,5,9H2,1-4H3,(H,17,20). The van der Waals surface area contributed by atoms with Crippen LogP contribution >= 0.6 is 15.9 Å². The highest BCUT2D eigenvalue weighted by Crippen LogP contribution is 2.20. The van der Waals surface area contributed by atoms with Gasteiger partial charge in [0.1, 0.15) is 6.54 Å². The van der Waals surface area contributed by atoms with Crippen LogP contribution in [-0.4, -0.2) is 29.3 Å². The van der Waals surface area contributed by atoms with Gasteiger partial charge in [0.25, 0.3) is 0 Å². The molecule has 5 heteroatoms. The molecular formula is C15H21BrN2O2. The Labute approximate surface area is 128 Å². The summed E-state index contributed by atoms with van der Waals surface area (Å²) in [5.41, 5.74) is 1.75. The van der Waals surface area contributed by atoms with E-state index in [1.165, 1.54) is 6.92 Å². The summed E-state index contributed by atoms with van der Waals surface area (Å²) >= 11 is 3.38. The maximum Gasteiger partial charge on any atom is 0.244 e. The third-order valence-corrected chi connectivity index (χ3v) is 3.80. The molecule has 0 aliphatic carbocycles. The van der Waals surface area contributed by atoms with Crippen LogP contribution in [0.25, 0.3) is 0 Å². The van der Waals surface area contributed by atoms with Crippen LogP contribution < -0.4 is 5.32 Å². The van der Waals surface area contributed by atoms with Crippen LogP contribution in [0, 0.1) is 6.92 Å². The molecule has 0 spiro atoms. The van der Waals surface area contributed by atoms with E-state index < -0.39 is 0 Å². The molecule has 1 aromatic rings. The van der Waals surface area contributed by atoms with Gasteiger partial charge in [0, 0.05) is 23.1 Å². The summed E-state index contributed by atoms with van der Waals surface area (Å²) in [6, 6.07) is 5.72. The monoisotopic (exact) mass is 340 g/mol. The second-order valence-corrected chi connectivity index (χ2v) is 5.83. The summed E-state index contributed by atoms with van der Waals surface area (Å²) < 4.78 is 0.970. The highest BCUT2D eigenvalue weighted by Gasteiger charge is 2.18. The molecule has 1 unspecified atom stereocenters. The van der Waals surface area contributed by atoms with Crippen molar-refractivity contribution in [2.75, 3.05) is 11.9 Å². The fraction of sp³-hybridized carbons (Fsp3) is 0.467. The van der Waals surface area contributed by atoms with Gasteiger partial charge in [0.2, 0.25) is 11.8 Å². The number of amides is 2. The van der Waals surface area contributed by atoms with Crippen LogP contribution in [0.5, 0.6) is 0 Å². The first-order valence-electron chi connectivity index (χ1n) is 6.68. The number of nitrogens with one attached hydrogen (secondary N) is 1. The van der Waals surface area contributed by atoms with E-state index in [9.17, 15) is 9.59 Å². The number of benzene rings is 1. The van der Waals surface area contributed by atoms with Crippen molar-refractivity contribution in [2.45, 2.75) is 40.2 Å². The topological polar surface area (TPSA) is 49.4 Å². The first-order chi connectivity index (χ1) is 9.35. The summed E-state index contributed by atoms with van der Waals surface area (Å²) in [5, 5.41) is 2.85. The van der Waals surface area contributed by atoms with Crippen molar-refractivity contribution in [3.05, 3.63) is 28.2 Å². The first kappa shape index (κ1) is 16.7. The second kappa shape index (κ2) is 7.43. The molecule has 1 N–H and O–H groups in total. The Morgan fingerprint density at radius 2 is 2.05 bits per heavy atom. The van der Waals surface area contributed by atoms with Crippen molar-refractivity contribution >= 4 is 33.4 Å². The highest BCUT2D eigenvalue weighted by molar-refractivity contribution is 9.10. The number of aryl methyl sites for hydroxylation is 1. The zero-order chi connectivity index (χ0) is 15.3. The first-order valence-corrected chi connectivity index (χ1v) is 7.47.